The van der Waals surface area contributed by atoms with E-state index in [0.29, 0.717) is 28.8 Å². The van der Waals surface area contributed by atoms with Crippen LogP contribution >= 0.6 is 22.9 Å². The van der Waals surface area contributed by atoms with Gasteiger partial charge in [0.15, 0.2) is 0 Å². The average Bonchev–Trinajstić information content (AvgIpc) is 3.35. The minimum atomic E-state index is -0.447. The van der Waals surface area contributed by atoms with E-state index >= 15 is 0 Å². The van der Waals surface area contributed by atoms with E-state index in [2.05, 4.69) is 4.98 Å². The molecule has 7 nitrogen and oxygen atoms in total. The van der Waals surface area contributed by atoms with Gasteiger partial charge in [0.2, 0.25) is 11.8 Å². The van der Waals surface area contributed by atoms with Crippen LogP contribution in [0.4, 0.5) is 5.69 Å². The lowest BCUT2D eigenvalue weighted by molar-refractivity contribution is -0.135. The summed E-state index contributed by atoms with van der Waals surface area (Å²) in [6.45, 7) is 0.668. The molecule has 0 N–H and O–H groups in total. The van der Waals surface area contributed by atoms with Crippen LogP contribution in [0.15, 0.2) is 36.4 Å². The van der Waals surface area contributed by atoms with Gasteiger partial charge >= 0.3 is 0 Å². The fraction of sp³-hybridized carbons (Fsp3) is 0.318. The van der Waals surface area contributed by atoms with Crippen molar-refractivity contribution in [2.45, 2.75) is 13.0 Å². The fourth-order valence-corrected chi connectivity index (χ4v) is 5.00. The summed E-state index contributed by atoms with van der Waals surface area (Å²) in [5.41, 5.74) is 1.46. The van der Waals surface area contributed by atoms with Gasteiger partial charge in [0.25, 0.3) is 0 Å². The van der Waals surface area contributed by atoms with Gasteiger partial charge < -0.3 is 19.3 Å². The van der Waals surface area contributed by atoms with Gasteiger partial charge in [0, 0.05) is 26.1 Å². The predicted molar refractivity (Wildman–Crippen MR) is 121 cm³/mol. The maximum Gasteiger partial charge on any atom is 0.228 e. The van der Waals surface area contributed by atoms with Crippen molar-refractivity contribution in [3.63, 3.8) is 0 Å². The van der Waals surface area contributed by atoms with Crippen LogP contribution in [0.25, 0.3) is 10.2 Å². The molecular weight excluding hydrogens is 438 g/mol. The molecule has 2 aromatic carbocycles. The second-order valence-corrected chi connectivity index (χ2v) is 8.86. The lowest BCUT2D eigenvalue weighted by Gasteiger charge is -2.22. The molecule has 1 aliphatic heterocycles. The standard InChI is InChI=1S/C22H22ClN3O4S/c1-25(12-20-24-15-6-4-5-7-19(15)31-20)22(28)13-8-21(27)26(11-13)16-9-14(23)17(29-2)10-18(16)30-3/h4-7,9-10,13H,8,11-12H2,1-3H3/t13-/m1/s1. The van der Waals surface area contributed by atoms with E-state index in [1.54, 1.807) is 40.3 Å². The first-order chi connectivity index (χ1) is 14.9. The number of rotatable bonds is 6. The Kier molecular flexibility index (Phi) is 6.02. The van der Waals surface area contributed by atoms with Crippen LogP contribution in [0, 0.1) is 5.92 Å². The summed E-state index contributed by atoms with van der Waals surface area (Å²) in [6, 6.07) is 11.2. The molecule has 162 valence electrons. The number of anilines is 1. The highest BCUT2D eigenvalue weighted by Gasteiger charge is 2.38. The molecule has 0 bridgehead atoms. The molecule has 1 saturated heterocycles. The lowest BCUT2D eigenvalue weighted by atomic mass is 10.1. The summed E-state index contributed by atoms with van der Waals surface area (Å²) in [5, 5.41) is 1.23. The summed E-state index contributed by atoms with van der Waals surface area (Å²) in [6.07, 6.45) is 0.135. The van der Waals surface area contributed by atoms with Gasteiger partial charge in [-0.05, 0) is 18.2 Å². The summed E-state index contributed by atoms with van der Waals surface area (Å²) >= 11 is 7.83. The van der Waals surface area contributed by atoms with Crippen LogP contribution in [0.2, 0.25) is 5.02 Å². The minimum Gasteiger partial charge on any atom is -0.495 e. The van der Waals surface area contributed by atoms with Crippen molar-refractivity contribution in [1.82, 2.24) is 9.88 Å². The molecular formula is C22H22ClN3O4S. The van der Waals surface area contributed by atoms with E-state index in [0.717, 1.165) is 15.2 Å². The van der Waals surface area contributed by atoms with Gasteiger partial charge in [-0.3, -0.25) is 9.59 Å². The van der Waals surface area contributed by atoms with Crippen LogP contribution in [0.3, 0.4) is 0 Å². The minimum absolute atomic E-state index is 0.0892. The number of benzene rings is 2. The first-order valence-electron chi connectivity index (χ1n) is 9.72. The van der Waals surface area contributed by atoms with Crippen molar-refractivity contribution in [1.29, 1.82) is 0 Å². The monoisotopic (exact) mass is 459 g/mol. The zero-order valence-electron chi connectivity index (χ0n) is 17.4. The van der Waals surface area contributed by atoms with Gasteiger partial charge in [-0.1, -0.05) is 23.7 Å². The molecule has 9 heteroatoms. The van der Waals surface area contributed by atoms with Gasteiger partial charge in [-0.25, -0.2) is 4.98 Å². The second-order valence-electron chi connectivity index (χ2n) is 7.33. The molecule has 4 rings (SSSR count). The van der Waals surface area contributed by atoms with E-state index in [1.165, 1.54) is 14.2 Å². The zero-order valence-corrected chi connectivity index (χ0v) is 19.0. The van der Waals surface area contributed by atoms with Crippen molar-refractivity contribution in [3.05, 3.63) is 46.4 Å². The Morgan fingerprint density at radius 3 is 2.71 bits per heavy atom. The number of methoxy groups -OCH3 is 2. The number of fused-ring (bicyclic) bond motifs is 1. The third-order valence-electron chi connectivity index (χ3n) is 5.31. The number of nitrogens with zero attached hydrogens (tertiary/aromatic N) is 3. The maximum atomic E-state index is 13.1. The van der Waals surface area contributed by atoms with Gasteiger partial charge in [0.05, 0.1) is 47.6 Å². The molecule has 31 heavy (non-hydrogen) atoms. The van der Waals surface area contributed by atoms with E-state index in [-0.39, 0.29) is 24.8 Å². The quantitative estimate of drug-likeness (QED) is 0.557. The average molecular weight is 460 g/mol. The Labute approximate surface area is 189 Å². The molecule has 0 aliphatic carbocycles. The number of ether oxygens (including phenoxy) is 2. The molecule has 1 atom stereocenters. The molecule has 1 aliphatic rings. The molecule has 1 aromatic heterocycles. The molecule has 1 fully saturated rings. The first-order valence-corrected chi connectivity index (χ1v) is 10.9. The van der Waals surface area contributed by atoms with E-state index < -0.39 is 5.92 Å². The smallest absolute Gasteiger partial charge is 0.228 e. The molecule has 2 amide bonds. The highest BCUT2D eigenvalue weighted by molar-refractivity contribution is 7.18. The fourth-order valence-electron chi connectivity index (χ4n) is 3.74. The summed E-state index contributed by atoms with van der Waals surface area (Å²) in [7, 11) is 4.77. The second kappa shape index (κ2) is 8.72. The number of carbonyl (C=O) groups excluding carboxylic acids is 2. The Bertz CT molecular complexity index is 1120. The summed E-state index contributed by atoms with van der Waals surface area (Å²) < 4.78 is 11.7. The SMILES string of the molecule is COc1cc(OC)c(N2C[C@H](C(=O)N(C)Cc3nc4ccccc4s3)CC2=O)cc1Cl. The van der Waals surface area contributed by atoms with Gasteiger partial charge in [-0.15, -0.1) is 11.3 Å². The number of thiazole rings is 1. The Balaban J connectivity index is 1.49. The Morgan fingerprint density at radius 1 is 1.26 bits per heavy atom. The third kappa shape index (κ3) is 4.18. The molecule has 0 unspecified atom stereocenters. The van der Waals surface area contributed by atoms with Crippen molar-refractivity contribution in [3.8, 4) is 11.5 Å². The number of halogens is 1. The normalized spacial score (nSPS) is 16.1. The first kappa shape index (κ1) is 21.4. The molecule has 0 spiro atoms. The Hall–Kier alpha value is -2.84. The summed E-state index contributed by atoms with van der Waals surface area (Å²) in [5.74, 6) is 0.236. The predicted octanol–water partition coefficient (Wildman–Crippen LogP) is 3.98. The molecule has 0 saturated carbocycles. The van der Waals surface area contributed by atoms with Crippen LogP contribution in [-0.4, -0.2) is 49.5 Å². The number of amides is 2. The molecule has 0 radical (unpaired) electrons. The highest BCUT2D eigenvalue weighted by atomic mass is 35.5. The Morgan fingerprint density at radius 2 is 2.00 bits per heavy atom. The third-order valence-corrected chi connectivity index (χ3v) is 6.62. The lowest BCUT2D eigenvalue weighted by Crippen LogP contribution is -2.34. The molecule has 2 heterocycles. The number of carbonyl (C=O) groups is 2. The van der Waals surface area contributed by atoms with Crippen molar-refractivity contribution < 1.29 is 19.1 Å². The van der Waals surface area contributed by atoms with Crippen molar-refractivity contribution in [2.75, 3.05) is 32.7 Å². The van der Waals surface area contributed by atoms with Crippen LogP contribution in [0.5, 0.6) is 11.5 Å². The van der Waals surface area contributed by atoms with Crippen molar-refractivity contribution >= 4 is 50.7 Å². The van der Waals surface area contributed by atoms with Crippen molar-refractivity contribution in [2.24, 2.45) is 5.92 Å². The number of para-hydroxylation sites is 1. The van der Waals surface area contributed by atoms with E-state index in [1.807, 2.05) is 24.3 Å². The number of hydrogen-bond donors (Lipinski definition) is 0. The topological polar surface area (TPSA) is 72.0 Å². The zero-order chi connectivity index (χ0) is 22.1. The van der Waals surface area contributed by atoms with E-state index in [4.69, 9.17) is 21.1 Å². The number of hydrogen-bond acceptors (Lipinski definition) is 6. The van der Waals surface area contributed by atoms with Gasteiger partial charge in [-0.2, -0.15) is 0 Å². The van der Waals surface area contributed by atoms with Crippen LogP contribution < -0.4 is 14.4 Å². The maximum absolute atomic E-state index is 13.1. The largest absolute Gasteiger partial charge is 0.495 e. The number of aromatic nitrogens is 1. The highest BCUT2D eigenvalue weighted by Crippen LogP contribution is 2.40. The van der Waals surface area contributed by atoms with Gasteiger partial charge in [0.1, 0.15) is 16.5 Å². The van der Waals surface area contributed by atoms with E-state index in [9.17, 15) is 9.59 Å². The van der Waals surface area contributed by atoms with Crippen LogP contribution in [0.1, 0.15) is 11.4 Å². The van der Waals surface area contributed by atoms with Crippen LogP contribution in [-0.2, 0) is 16.1 Å². The summed E-state index contributed by atoms with van der Waals surface area (Å²) in [4.78, 5) is 33.6. The molecule has 3 aromatic rings.